The van der Waals surface area contributed by atoms with Crippen LogP contribution in [0, 0.1) is 0 Å². The molecule has 0 atom stereocenters. The Hall–Kier alpha value is 0.0800. The van der Waals surface area contributed by atoms with E-state index in [9.17, 15) is 4.79 Å². The molecule has 0 fully saturated rings. The van der Waals surface area contributed by atoms with E-state index in [1.807, 2.05) is 0 Å². The quantitative estimate of drug-likeness (QED) is 0.408. The molecule has 5 heteroatoms. The van der Waals surface area contributed by atoms with Crippen LogP contribution in [0.3, 0.4) is 0 Å². The molecule has 2 nitrogen and oxygen atoms in total. The Morgan fingerprint density at radius 3 is 2.23 bits per heavy atom. The largest absolute Gasteiger partial charge is 0.453 e. The average molecular weight is 246 g/mol. The number of hydrogen-bond donors (Lipinski definition) is 0. The zero-order valence-electron chi connectivity index (χ0n) is 7.06. The Kier molecular flexibility index (Phi) is 6.56. The minimum Gasteiger partial charge on any atom is -0.453 e. The molecule has 0 aliphatic rings. The SMILES string of the molecule is C=CC(=O)OC(CCl)(CCl)CCCl. The molecule has 13 heavy (non-hydrogen) atoms. The van der Waals surface area contributed by atoms with Gasteiger partial charge < -0.3 is 4.74 Å². The number of esters is 1. The lowest BCUT2D eigenvalue weighted by atomic mass is 10.1. The Balaban J connectivity index is 4.36. The van der Waals surface area contributed by atoms with E-state index in [0.29, 0.717) is 12.3 Å². The lowest BCUT2D eigenvalue weighted by molar-refractivity contribution is -0.149. The molecule has 0 aromatic carbocycles. The summed E-state index contributed by atoms with van der Waals surface area (Å²) in [5.74, 6) is 0.0570. The van der Waals surface area contributed by atoms with E-state index in [-0.39, 0.29) is 11.8 Å². The second kappa shape index (κ2) is 6.52. The number of carbonyl (C=O) groups excluding carboxylic acids is 1. The van der Waals surface area contributed by atoms with Gasteiger partial charge in [-0.1, -0.05) is 6.58 Å². The highest BCUT2D eigenvalue weighted by Crippen LogP contribution is 2.21. The first kappa shape index (κ1) is 13.1. The molecule has 0 aliphatic carbocycles. The predicted octanol–water partition coefficient (Wildman–Crippen LogP) is 2.56. The summed E-state index contributed by atoms with van der Waals surface area (Å²) in [6, 6.07) is 0. The third-order valence-corrected chi connectivity index (χ3v) is 2.68. The summed E-state index contributed by atoms with van der Waals surface area (Å²) in [6.07, 6.45) is 1.50. The molecule has 0 spiro atoms. The Morgan fingerprint density at radius 1 is 1.38 bits per heavy atom. The van der Waals surface area contributed by atoms with Crippen molar-refractivity contribution in [2.45, 2.75) is 12.0 Å². The molecule has 0 saturated heterocycles. The second-order valence-corrected chi connectivity index (χ2v) is 3.43. The summed E-state index contributed by atoms with van der Waals surface area (Å²) in [7, 11) is 0. The van der Waals surface area contributed by atoms with Crippen LogP contribution in [-0.2, 0) is 9.53 Å². The maximum Gasteiger partial charge on any atom is 0.330 e. The van der Waals surface area contributed by atoms with Gasteiger partial charge in [0.15, 0.2) is 0 Å². The van der Waals surface area contributed by atoms with Gasteiger partial charge in [-0.25, -0.2) is 4.79 Å². The molecule has 76 valence electrons. The molecule has 0 unspecified atom stereocenters. The van der Waals surface area contributed by atoms with E-state index in [2.05, 4.69) is 6.58 Å². The molecule has 0 aromatic heterocycles. The number of rotatable bonds is 6. The van der Waals surface area contributed by atoms with Gasteiger partial charge >= 0.3 is 5.97 Å². The minimum absolute atomic E-state index is 0.128. The highest BCUT2D eigenvalue weighted by Gasteiger charge is 2.31. The van der Waals surface area contributed by atoms with E-state index in [4.69, 9.17) is 39.5 Å². The molecule has 0 N–H and O–H groups in total. The first-order valence-corrected chi connectivity index (χ1v) is 5.28. The minimum atomic E-state index is -0.865. The zero-order valence-corrected chi connectivity index (χ0v) is 9.33. The van der Waals surface area contributed by atoms with Crippen molar-refractivity contribution >= 4 is 40.8 Å². The van der Waals surface area contributed by atoms with Crippen LogP contribution in [0.2, 0.25) is 0 Å². The van der Waals surface area contributed by atoms with Gasteiger partial charge in [-0.3, -0.25) is 0 Å². The summed E-state index contributed by atoms with van der Waals surface area (Å²) in [6.45, 7) is 3.28. The monoisotopic (exact) mass is 244 g/mol. The van der Waals surface area contributed by atoms with Gasteiger partial charge in [0.1, 0.15) is 5.60 Å². The van der Waals surface area contributed by atoms with Crippen LogP contribution >= 0.6 is 34.8 Å². The molecule has 0 bridgehead atoms. The van der Waals surface area contributed by atoms with E-state index in [1.165, 1.54) is 0 Å². The van der Waals surface area contributed by atoms with Crippen molar-refractivity contribution in [1.82, 2.24) is 0 Å². The molecule has 0 radical (unpaired) electrons. The van der Waals surface area contributed by atoms with E-state index >= 15 is 0 Å². The van der Waals surface area contributed by atoms with Crippen LogP contribution in [0.5, 0.6) is 0 Å². The fourth-order valence-electron chi connectivity index (χ4n) is 0.702. The van der Waals surface area contributed by atoms with E-state index in [1.54, 1.807) is 0 Å². The molecule has 0 saturated carbocycles. The smallest absolute Gasteiger partial charge is 0.330 e. The van der Waals surface area contributed by atoms with Crippen LogP contribution < -0.4 is 0 Å². The van der Waals surface area contributed by atoms with Crippen LogP contribution in [0.4, 0.5) is 0 Å². The number of hydrogen-bond acceptors (Lipinski definition) is 2. The van der Waals surface area contributed by atoms with Crippen LogP contribution in [-0.4, -0.2) is 29.2 Å². The zero-order chi connectivity index (χ0) is 10.3. The van der Waals surface area contributed by atoms with Crippen molar-refractivity contribution in [2.75, 3.05) is 17.6 Å². The average Bonchev–Trinajstić information content (AvgIpc) is 2.17. The van der Waals surface area contributed by atoms with Gasteiger partial charge in [0.2, 0.25) is 0 Å². The maximum absolute atomic E-state index is 10.9. The number of alkyl halides is 3. The van der Waals surface area contributed by atoms with Crippen molar-refractivity contribution < 1.29 is 9.53 Å². The molecular weight excluding hydrogens is 234 g/mol. The van der Waals surface area contributed by atoms with Gasteiger partial charge in [-0.05, 0) is 0 Å². The van der Waals surface area contributed by atoms with Crippen molar-refractivity contribution in [3.63, 3.8) is 0 Å². The van der Waals surface area contributed by atoms with Gasteiger partial charge in [0.25, 0.3) is 0 Å². The summed E-state index contributed by atoms with van der Waals surface area (Å²) < 4.78 is 5.02. The fraction of sp³-hybridized carbons (Fsp3) is 0.625. The Labute approximate surface area is 92.8 Å². The Bertz CT molecular complexity index is 178. The van der Waals surface area contributed by atoms with E-state index < -0.39 is 11.6 Å². The fourth-order valence-corrected chi connectivity index (χ4v) is 1.71. The number of halogens is 3. The van der Waals surface area contributed by atoms with Crippen LogP contribution in [0.15, 0.2) is 12.7 Å². The predicted molar refractivity (Wildman–Crippen MR) is 55.8 cm³/mol. The molecule has 0 amide bonds. The molecular formula is C8H11Cl3O2. The van der Waals surface area contributed by atoms with Gasteiger partial charge in [0.05, 0.1) is 11.8 Å². The lowest BCUT2D eigenvalue weighted by Gasteiger charge is -2.28. The Morgan fingerprint density at radius 2 is 1.92 bits per heavy atom. The first-order chi connectivity index (χ1) is 6.14. The van der Waals surface area contributed by atoms with E-state index in [0.717, 1.165) is 6.08 Å². The number of ether oxygens (including phenoxy) is 1. The van der Waals surface area contributed by atoms with Crippen molar-refractivity contribution in [1.29, 1.82) is 0 Å². The summed E-state index contributed by atoms with van der Waals surface area (Å²) in [5.41, 5.74) is -0.865. The summed E-state index contributed by atoms with van der Waals surface area (Å²) in [4.78, 5) is 10.9. The van der Waals surface area contributed by atoms with Gasteiger partial charge in [0, 0.05) is 18.4 Å². The standard InChI is InChI=1S/C8H11Cl3O2/c1-2-7(12)13-8(5-10,6-11)3-4-9/h2H,1,3-6H2. The number of carbonyl (C=O) groups is 1. The lowest BCUT2D eigenvalue weighted by Crippen LogP contribution is -2.39. The van der Waals surface area contributed by atoms with Crippen molar-refractivity contribution in [3.8, 4) is 0 Å². The molecule has 0 aliphatic heterocycles. The summed E-state index contributed by atoms with van der Waals surface area (Å²) >= 11 is 16.8. The highest BCUT2D eigenvalue weighted by molar-refractivity contribution is 6.22. The van der Waals surface area contributed by atoms with Crippen LogP contribution in [0.1, 0.15) is 6.42 Å². The molecule has 0 aromatic rings. The van der Waals surface area contributed by atoms with Crippen LogP contribution in [0.25, 0.3) is 0 Å². The summed E-state index contributed by atoms with van der Waals surface area (Å²) in [5, 5.41) is 0. The first-order valence-electron chi connectivity index (χ1n) is 3.67. The van der Waals surface area contributed by atoms with Gasteiger partial charge in [-0.15, -0.1) is 34.8 Å². The van der Waals surface area contributed by atoms with Crippen molar-refractivity contribution in [3.05, 3.63) is 12.7 Å². The highest BCUT2D eigenvalue weighted by atomic mass is 35.5. The second-order valence-electron chi connectivity index (χ2n) is 2.51. The molecule has 0 rings (SSSR count). The maximum atomic E-state index is 10.9. The molecule has 0 heterocycles. The third kappa shape index (κ3) is 4.21. The topological polar surface area (TPSA) is 26.3 Å². The normalized spacial score (nSPS) is 11.0. The van der Waals surface area contributed by atoms with Gasteiger partial charge in [-0.2, -0.15) is 0 Å². The van der Waals surface area contributed by atoms with Crippen molar-refractivity contribution in [2.24, 2.45) is 0 Å². The third-order valence-electron chi connectivity index (χ3n) is 1.52.